The quantitative estimate of drug-likeness (QED) is 0.924. The van der Waals surface area contributed by atoms with E-state index in [1.54, 1.807) is 18.5 Å². The highest BCUT2D eigenvalue weighted by molar-refractivity contribution is 6.30. The fourth-order valence-electron chi connectivity index (χ4n) is 1.51. The van der Waals surface area contributed by atoms with Gasteiger partial charge >= 0.3 is 0 Å². The Bertz CT molecular complexity index is 528. The summed E-state index contributed by atoms with van der Waals surface area (Å²) in [6.07, 6.45) is 3.41. The van der Waals surface area contributed by atoms with Crippen LogP contribution in [0.15, 0.2) is 30.6 Å². The molecule has 0 unspecified atom stereocenters. The summed E-state index contributed by atoms with van der Waals surface area (Å²) in [6.45, 7) is 2.83. The third kappa shape index (κ3) is 3.48. The molecule has 0 fully saturated rings. The van der Waals surface area contributed by atoms with Gasteiger partial charge in [-0.1, -0.05) is 11.6 Å². The molecule has 0 aliphatic heterocycles. The van der Waals surface area contributed by atoms with Crippen LogP contribution in [0.2, 0.25) is 5.02 Å². The second-order valence-corrected chi connectivity index (χ2v) is 4.42. The largest absolute Gasteiger partial charge is 0.307 e. The van der Waals surface area contributed by atoms with Crippen molar-refractivity contribution in [1.82, 2.24) is 15.3 Å². The first-order chi connectivity index (χ1) is 8.65. The van der Waals surface area contributed by atoms with E-state index >= 15 is 0 Å². The van der Waals surface area contributed by atoms with E-state index in [0.717, 1.165) is 11.4 Å². The van der Waals surface area contributed by atoms with Gasteiger partial charge in [-0.2, -0.15) is 0 Å². The van der Waals surface area contributed by atoms with Crippen molar-refractivity contribution in [3.05, 3.63) is 58.4 Å². The molecule has 0 aliphatic rings. The summed E-state index contributed by atoms with van der Waals surface area (Å²) >= 11 is 5.81. The van der Waals surface area contributed by atoms with Gasteiger partial charge in [0, 0.05) is 36.1 Å². The molecule has 2 rings (SSSR count). The van der Waals surface area contributed by atoms with Crippen LogP contribution in [0.3, 0.4) is 0 Å². The average molecular weight is 266 g/mol. The maximum Gasteiger partial charge on any atom is 0.127 e. The Kier molecular flexibility index (Phi) is 4.23. The molecule has 5 heteroatoms. The topological polar surface area (TPSA) is 37.8 Å². The van der Waals surface area contributed by atoms with Crippen molar-refractivity contribution < 1.29 is 4.39 Å². The van der Waals surface area contributed by atoms with Crippen LogP contribution in [0.1, 0.15) is 17.0 Å². The Hall–Kier alpha value is -1.52. The first kappa shape index (κ1) is 12.9. The number of halogens is 2. The summed E-state index contributed by atoms with van der Waals surface area (Å²) in [5.74, 6) is -0.262. The molecule has 0 amide bonds. The molecule has 2 aromatic rings. The van der Waals surface area contributed by atoms with Crippen LogP contribution in [0.4, 0.5) is 4.39 Å². The molecule has 0 saturated heterocycles. The molecular weight excluding hydrogens is 253 g/mol. The second-order valence-electron chi connectivity index (χ2n) is 3.99. The van der Waals surface area contributed by atoms with E-state index in [2.05, 4.69) is 15.3 Å². The normalized spacial score (nSPS) is 10.6. The lowest BCUT2D eigenvalue weighted by Gasteiger charge is -2.06. The van der Waals surface area contributed by atoms with Crippen LogP contribution in [-0.2, 0) is 13.1 Å². The zero-order chi connectivity index (χ0) is 13.0. The number of benzene rings is 1. The van der Waals surface area contributed by atoms with Gasteiger partial charge in [0.1, 0.15) is 5.82 Å². The third-order valence-electron chi connectivity index (χ3n) is 2.46. The summed E-state index contributed by atoms with van der Waals surface area (Å²) in [6, 6.07) is 4.52. The molecule has 1 aromatic carbocycles. The number of aryl methyl sites for hydroxylation is 1. The highest BCUT2D eigenvalue weighted by atomic mass is 35.5. The number of nitrogens with one attached hydrogen (secondary N) is 1. The lowest BCUT2D eigenvalue weighted by molar-refractivity contribution is 0.585. The zero-order valence-corrected chi connectivity index (χ0v) is 10.7. The Morgan fingerprint density at radius 1 is 1.22 bits per heavy atom. The molecule has 0 radical (unpaired) electrons. The molecule has 3 nitrogen and oxygen atoms in total. The van der Waals surface area contributed by atoms with Gasteiger partial charge in [0.15, 0.2) is 0 Å². The summed E-state index contributed by atoms with van der Waals surface area (Å²) in [5.41, 5.74) is 2.24. The molecule has 0 bridgehead atoms. The Morgan fingerprint density at radius 2 is 2.06 bits per heavy atom. The highest BCUT2D eigenvalue weighted by Gasteiger charge is 2.03. The Balaban J connectivity index is 1.92. The minimum Gasteiger partial charge on any atom is -0.307 e. The van der Waals surface area contributed by atoms with Gasteiger partial charge < -0.3 is 5.32 Å². The molecule has 0 aliphatic carbocycles. The predicted molar refractivity (Wildman–Crippen MR) is 68.7 cm³/mol. The van der Waals surface area contributed by atoms with Crippen LogP contribution >= 0.6 is 11.6 Å². The Labute approximate surface area is 110 Å². The molecular formula is C13H13ClFN3. The number of nitrogens with zero attached hydrogens (tertiary/aromatic N) is 2. The van der Waals surface area contributed by atoms with Gasteiger partial charge in [-0.25, -0.2) is 4.39 Å². The van der Waals surface area contributed by atoms with Gasteiger partial charge in [0.25, 0.3) is 0 Å². The summed E-state index contributed by atoms with van der Waals surface area (Å²) < 4.78 is 13.4. The van der Waals surface area contributed by atoms with Crippen molar-refractivity contribution in [3.63, 3.8) is 0 Å². The molecule has 0 spiro atoms. The first-order valence-electron chi connectivity index (χ1n) is 5.57. The van der Waals surface area contributed by atoms with E-state index in [4.69, 9.17) is 11.6 Å². The van der Waals surface area contributed by atoms with Crippen LogP contribution in [0, 0.1) is 12.7 Å². The van der Waals surface area contributed by atoms with Gasteiger partial charge in [0.05, 0.1) is 11.4 Å². The van der Waals surface area contributed by atoms with Gasteiger partial charge in [-0.05, 0) is 25.1 Å². The molecule has 0 saturated carbocycles. The minimum atomic E-state index is -0.262. The van der Waals surface area contributed by atoms with Crippen LogP contribution in [0.25, 0.3) is 0 Å². The highest BCUT2D eigenvalue weighted by Crippen LogP contribution is 2.14. The predicted octanol–water partition coefficient (Wildman–Crippen LogP) is 2.87. The van der Waals surface area contributed by atoms with Crippen molar-refractivity contribution in [1.29, 1.82) is 0 Å². The molecule has 18 heavy (non-hydrogen) atoms. The average Bonchev–Trinajstić information content (AvgIpc) is 2.36. The van der Waals surface area contributed by atoms with Gasteiger partial charge in [0.2, 0.25) is 0 Å². The van der Waals surface area contributed by atoms with Crippen molar-refractivity contribution in [2.45, 2.75) is 20.0 Å². The Morgan fingerprint density at radius 3 is 2.78 bits per heavy atom. The van der Waals surface area contributed by atoms with Crippen molar-refractivity contribution in [2.75, 3.05) is 0 Å². The second kappa shape index (κ2) is 5.89. The maximum atomic E-state index is 13.4. The monoisotopic (exact) mass is 265 g/mol. The van der Waals surface area contributed by atoms with E-state index in [-0.39, 0.29) is 5.82 Å². The number of hydrogen-bond donors (Lipinski definition) is 1. The number of aromatic nitrogens is 2. The van der Waals surface area contributed by atoms with E-state index in [9.17, 15) is 4.39 Å². The molecule has 1 heterocycles. The van der Waals surface area contributed by atoms with Crippen LogP contribution < -0.4 is 5.32 Å². The molecule has 1 aromatic heterocycles. The van der Waals surface area contributed by atoms with Crippen molar-refractivity contribution in [2.24, 2.45) is 0 Å². The van der Waals surface area contributed by atoms with Crippen LogP contribution in [0.5, 0.6) is 0 Å². The SMILES string of the molecule is Cc1cnc(CNCc2cc(Cl)ccc2F)cn1. The van der Waals surface area contributed by atoms with Crippen molar-refractivity contribution in [3.8, 4) is 0 Å². The third-order valence-corrected chi connectivity index (χ3v) is 2.70. The van der Waals surface area contributed by atoms with Gasteiger partial charge in [-0.3, -0.25) is 9.97 Å². The standard InChI is InChI=1S/C13H13ClFN3/c1-9-5-18-12(8-17-9)7-16-6-10-4-11(14)2-3-13(10)15/h2-5,8,16H,6-7H2,1H3. The van der Waals surface area contributed by atoms with E-state index in [1.165, 1.54) is 12.1 Å². The van der Waals surface area contributed by atoms with E-state index < -0.39 is 0 Å². The fraction of sp³-hybridized carbons (Fsp3) is 0.231. The van der Waals surface area contributed by atoms with Gasteiger partial charge in [-0.15, -0.1) is 0 Å². The molecule has 94 valence electrons. The van der Waals surface area contributed by atoms with Crippen LogP contribution in [-0.4, -0.2) is 9.97 Å². The first-order valence-corrected chi connectivity index (χ1v) is 5.95. The lowest BCUT2D eigenvalue weighted by atomic mass is 10.2. The van der Waals surface area contributed by atoms with E-state index in [0.29, 0.717) is 23.7 Å². The number of rotatable bonds is 4. The smallest absolute Gasteiger partial charge is 0.127 e. The summed E-state index contributed by atoms with van der Waals surface area (Å²) in [5, 5.41) is 3.64. The van der Waals surface area contributed by atoms with Crippen molar-refractivity contribution >= 4 is 11.6 Å². The maximum absolute atomic E-state index is 13.4. The fourth-order valence-corrected chi connectivity index (χ4v) is 1.71. The molecule has 1 N–H and O–H groups in total. The minimum absolute atomic E-state index is 0.262. The lowest BCUT2D eigenvalue weighted by Crippen LogP contribution is -2.15. The summed E-state index contributed by atoms with van der Waals surface area (Å²) in [7, 11) is 0. The number of hydrogen-bond acceptors (Lipinski definition) is 3. The zero-order valence-electron chi connectivity index (χ0n) is 9.95. The molecule has 0 atom stereocenters. The summed E-state index contributed by atoms with van der Waals surface area (Å²) in [4.78, 5) is 8.34. The van der Waals surface area contributed by atoms with E-state index in [1.807, 2.05) is 6.92 Å².